The molecule has 1 N–H and O–H groups in total. The van der Waals surface area contributed by atoms with Crippen LogP contribution in [0.25, 0.3) is 0 Å². The molecule has 0 heterocycles. The van der Waals surface area contributed by atoms with Gasteiger partial charge >= 0.3 is 5.97 Å². The topological polar surface area (TPSA) is 57.6 Å². The predicted molar refractivity (Wildman–Crippen MR) is 66.3 cm³/mol. The standard InChI is InChI=1S/C12H14ClNO3/c1-2-11(15)14(8-7-12(16)17)10-5-3-9(13)4-6-10/h3-6H,2,7-8H2,1H3,(H,16,17). The first-order valence-electron chi connectivity index (χ1n) is 5.32. The summed E-state index contributed by atoms with van der Waals surface area (Å²) in [4.78, 5) is 23.7. The van der Waals surface area contributed by atoms with Crippen LogP contribution >= 0.6 is 11.6 Å². The number of carbonyl (C=O) groups excluding carboxylic acids is 1. The van der Waals surface area contributed by atoms with Crippen molar-refractivity contribution in [1.82, 2.24) is 0 Å². The average Bonchev–Trinajstić information content (AvgIpc) is 2.30. The zero-order valence-corrected chi connectivity index (χ0v) is 10.3. The molecule has 0 radical (unpaired) electrons. The van der Waals surface area contributed by atoms with Gasteiger partial charge < -0.3 is 10.0 Å². The fourth-order valence-electron chi connectivity index (χ4n) is 1.42. The average molecular weight is 256 g/mol. The second-order valence-electron chi connectivity index (χ2n) is 3.52. The lowest BCUT2D eigenvalue weighted by Crippen LogP contribution is -2.32. The van der Waals surface area contributed by atoms with Crippen molar-refractivity contribution < 1.29 is 14.7 Å². The summed E-state index contributed by atoms with van der Waals surface area (Å²) >= 11 is 5.76. The molecular weight excluding hydrogens is 242 g/mol. The van der Waals surface area contributed by atoms with Crippen molar-refractivity contribution in [1.29, 1.82) is 0 Å². The molecule has 92 valence electrons. The Labute approximate surface area is 105 Å². The number of rotatable bonds is 5. The van der Waals surface area contributed by atoms with E-state index in [2.05, 4.69) is 0 Å². The Morgan fingerprint density at radius 3 is 2.35 bits per heavy atom. The van der Waals surface area contributed by atoms with E-state index >= 15 is 0 Å². The maximum absolute atomic E-state index is 11.7. The van der Waals surface area contributed by atoms with Crippen molar-refractivity contribution in [2.24, 2.45) is 0 Å². The summed E-state index contributed by atoms with van der Waals surface area (Å²) in [6.07, 6.45) is 0.261. The summed E-state index contributed by atoms with van der Waals surface area (Å²) in [5.41, 5.74) is 0.669. The Balaban J connectivity index is 2.85. The lowest BCUT2D eigenvalue weighted by Gasteiger charge is -2.21. The molecule has 1 aromatic rings. The number of hydrogen-bond acceptors (Lipinski definition) is 2. The molecule has 1 aromatic carbocycles. The highest BCUT2D eigenvalue weighted by atomic mass is 35.5. The third-order valence-corrected chi connectivity index (χ3v) is 2.54. The van der Waals surface area contributed by atoms with Gasteiger partial charge in [0.1, 0.15) is 0 Å². The fourth-order valence-corrected chi connectivity index (χ4v) is 1.54. The van der Waals surface area contributed by atoms with Crippen molar-refractivity contribution >= 4 is 29.2 Å². The van der Waals surface area contributed by atoms with Crippen LogP contribution in [0.3, 0.4) is 0 Å². The SMILES string of the molecule is CCC(=O)N(CCC(=O)O)c1ccc(Cl)cc1. The number of halogens is 1. The van der Waals surface area contributed by atoms with Gasteiger partial charge in [-0.3, -0.25) is 9.59 Å². The number of carboxylic acids is 1. The maximum atomic E-state index is 11.7. The fraction of sp³-hybridized carbons (Fsp3) is 0.333. The van der Waals surface area contributed by atoms with Gasteiger partial charge in [0.25, 0.3) is 0 Å². The van der Waals surface area contributed by atoms with Crippen molar-refractivity contribution in [3.05, 3.63) is 29.3 Å². The van der Waals surface area contributed by atoms with Gasteiger partial charge in [-0.2, -0.15) is 0 Å². The molecule has 17 heavy (non-hydrogen) atoms. The van der Waals surface area contributed by atoms with Gasteiger partial charge in [-0.05, 0) is 24.3 Å². The lowest BCUT2D eigenvalue weighted by atomic mass is 10.2. The number of carboxylic acid groups (broad SMARTS) is 1. The van der Waals surface area contributed by atoms with Crippen molar-refractivity contribution in [2.45, 2.75) is 19.8 Å². The molecular formula is C12H14ClNO3. The van der Waals surface area contributed by atoms with E-state index in [0.29, 0.717) is 17.1 Å². The molecule has 1 rings (SSSR count). The van der Waals surface area contributed by atoms with E-state index in [1.54, 1.807) is 31.2 Å². The van der Waals surface area contributed by atoms with Gasteiger partial charge in [-0.1, -0.05) is 18.5 Å². The Morgan fingerprint density at radius 1 is 1.29 bits per heavy atom. The maximum Gasteiger partial charge on any atom is 0.305 e. The third-order valence-electron chi connectivity index (χ3n) is 2.29. The van der Waals surface area contributed by atoms with Crippen LogP contribution in [0.4, 0.5) is 5.69 Å². The molecule has 0 spiro atoms. The lowest BCUT2D eigenvalue weighted by molar-refractivity contribution is -0.136. The number of anilines is 1. The first kappa shape index (κ1) is 13.5. The quantitative estimate of drug-likeness (QED) is 0.880. The molecule has 5 heteroatoms. The van der Waals surface area contributed by atoms with Crippen LogP contribution in [0.5, 0.6) is 0 Å². The van der Waals surface area contributed by atoms with E-state index in [9.17, 15) is 9.59 Å². The Morgan fingerprint density at radius 2 is 1.88 bits per heavy atom. The highest BCUT2D eigenvalue weighted by Gasteiger charge is 2.14. The van der Waals surface area contributed by atoms with E-state index in [4.69, 9.17) is 16.7 Å². The molecule has 0 unspecified atom stereocenters. The van der Waals surface area contributed by atoms with Crippen LogP contribution in [0.15, 0.2) is 24.3 Å². The van der Waals surface area contributed by atoms with Gasteiger partial charge in [-0.25, -0.2) is 0 Å². The minimum atomic E-state index is -0.923. The van der Waals surface area contributed by atoms with Crippen molar-refractivity contribution in [3.8, 4) is 0 Å². The van der Waals surface area contributed by atoms with Gasteiger partial charge in [0.2, 0.25) is 5.91 Å². The first-order valence-corrected chi connectivity index (χ1v) is 5.70. The van der Waals surface area contributed by atoms with Gasteiger partial charge in [0, 0.05) is 23.7 Å². The van der Waals surface area contributed by atoms with E-state index in [1.807, 2.05) is 0 Å². The number of benzene rings is 1. The van der Waals surface area contributed by atoms with Gasteiger partial charge in [0.15, 0.2) is 0 Å². The molecule has 0 fully saturated rings. The molecule has 0 saturated heterocycles. The van der Waals surface area contributed by atoms with E-state index < -0.39 is 5.97 Å². The number of amides is 1. The summed E-state index contributed by atoms with van der Waals surface area (Å²) < 4.78 is 0. The third kappa shape index (κ3) is 4.07. The zero-order valence-electron chi connectivity index (χ0n) is 9.52. The number of aliphatic carboxylic acids is 1. The van der Waals surface area contributed by atoms with Crippen LogP contribution in [0.2, 0.25) is 5.02 Å². The molecule has 0 aromatic heterocycles. The molecule has 0 saturated carbocycles. The first-order chi connectivity index (χ1) is 8.04. The predicted octanol–water partition coefficient (Wildman–Crippen LogP) is 2.56. The molecule has 0 aliphatic heterocycles. The summed E-state index contributed by atoms with van der Waals surface area (Å²) in [5, 5.41) is 9.23. The molecule has 0 atom stereocenters. The van der Waals surface area contributed by atoms with Gasteiger partial charge in [-0.15, -0.1) is 0 Å². The van der Waals surface area contributed by atoms with Gasteiger partial charge in [0.05, 0.1) is 6.42 Å². The summed E-state index contributed by atoms with van der Waals surface area (Å²) in [7, 11) is 0. The second-order valence-corrected chi connectivity index (χ2v) is 3.96. The number of hydrogen-bond donors (Lipinski definition) is 1. The minimum Gasteiger partial charge on any atom is -0.481 e. The van der Waals surface area contributed by atoms with Crippen LogP contribution in [0, 0.1) is 0 Å². The normalized spacial score (nSPS) is 10.0. The summed E-state index contributed by atoms with van der Waals surface area (Å²) in [5.74, 6) is -1.03. The van der Waals surface area contributed by atoms with E-state index in [0.717, 1.165) is 0 Å². The highest BCUT2D eigenvalue weighted by molar-refractivity contribution is 6.30. The molecule has 0 bridgehead atoms. The molecule has 0 aliphatic rings. The number of carbonyl (C=O) groups is 2. The summed E-state index contributed by atoms with van der Waals surface area (Å²) in [6, 6.07) is 6.76. The molecule has 4 nitrogen and oxygen atoms in total. The molecule has 1 amide bonds. The monoisotopic (exact) mass is 255 g/mol. The Bertz CT molecular complexity index is 403. The minimum absolute atomic E-state index is 0.0750. The Kier molecular flexibility index (Phi) is 4.97. The van der Waals surface area contributed by atoms with Crippen LogP contribution in [-0.2, 0) is 9.59 Å². The zero-order chi connectivity index (χ0) is 12.8. The summed E-state index contributed by atoms with van der Waals surface area (Å²) in [6.45, 7) is 1.91. The number of nitrogens with zero attached hydrogens (tertiary/aromatic N) is 1. The van der Waals surface area contributed by atoms with Crippen LogP contribution < -0.4 is 4.90 Å². The van der Waals surface area contributed by atoms with E-state index in [1.165, 1.54) is 4.90 Å². The van der Waals surface area contributed by atoms with E-state index in [-0.39, 0.29) is 18.9 Å². The smallest absolute Gasteiger partial charge is 0.305 e. The highest BCUT2D eigenvalue weighted by Crippen LogP contribution is 2.19. The Hall–Kier alpha value is -1.55. The molecule has 0 aliphatic carbocycles. The van der Waals surface area contributed by atoms with Crippen LogP contribution in [-0.4, -0.2) is 23.5 Å². The van der Waals surface area contributed by atoms with Crippen molar-refractivity contribution in [3.63, 3.8) is 0 Å². The van der Waals surface area contributed by atoms with Crippen molar-refractivity contribution in [2.75, 3.05) is 11.4 Å². The largest absolute Gasteiger partial charge is 0.481 e. The second kappa shape index (κ2) is 6.25. The van der Waals surface area contributed by atoms with Crippen LogP contribution in [0.1, 0.15) is 19.8 Å².